The Labute approximate surface area is 118 Å². The van der Waals surface area contributed by atoms with Gasteiger partial charge < -0.3 is 10.1 Å². The molecule has 1 aliphatic carbocycles. The second kappa shape index (κ2) is 6.50. The van der Waals surface area contributed by atoms with Gasteiger partial charge in [0.2, 0.25) is 0 Å². The highest BCUT2D eigenvalue weighted by molar-refractivity contribution is 6.03. The van der Waals surface area contributed by atoms with Crippen LogP contribution in [0.25, 0.3) is 0 Å². The molecule has 2 rings (SSSR count). The predicted molar refractivity (Wildman–Crippen MR) is 75.3 cm³/mol. The van der Waals surface area contributed by atoms with Crippen molar-refractivity contribution in [1.82, 2.24) is 4.98 Å². The largest absolute Gasteiger partial charge is 0.463 e. The first-order valence-corrected chi connectivity index (χ1v) is 6.98. The maximum atomic E-state index is 12.1. The Kier molecular flexibility index (Phi) is 4.71. The highest BCUT2D eigenvalue weighted by Crippen LogP contribution is 2.33. The number of rotatable bonds is 5. The van der Waals surface area contributed by atoms with Gasteiger partial charge in [0, 0.05) is 12.6 Å². The van der Waals surface area contributed by atoms with E-state index in [1.807, 2.05) is 18.2 Å². The van der Waals surface area contributed by atoms with E-state index in [1.54, 1.807) is 13.1 Å². The highest BCUT2D eigenvalue weighted by Gasteiger charge is 2.43. The number of esters is 1. The van der Waals surface area contributed by atoms with Gasteiger partial charge in [0.1, 0.15) is 23.6 Å². The summed E-state index contributed by atoms with van der Waals surface area (Å²) in [6.07, 6.45) is 4.55. The lowest BCUT2D eigenvalue weighted by atomic mass is 9.75. The number of ether oxygens (including phenoxy) is 1. The summed E-state index contributed by atoms with van der Waals surface area (Å²) in [7, 11) is 0. The third-order valence-corrected chi connectivity index (χ3v) is 3.70. The summed E-state index contributed by atoms with van der Waals surface area (Å²) < 4.78 is 5.23. The average molecular weight is 276 g/mol. The Morgan fingerprint density at radius 1 is 1.45 bits per heavy atom. The number of carbonyl (C=O) groups excluding carboxylic acids is 2. The molecular weight excluding hydrogens is 256 g/mol. The molecule has 0 bridgehead atoms. The Morgan fingerprint density at radius 3 is 3.00 bits per heavy atom. The van der Waals surface area contributed by atoms with Crippen LogP contribution in [0.2, 0.25) is 0 Å². The number of pyridine rings is 1. The topological polar surface area (TPSA) is 68.3 Å². The van der Waals surface area contributed by atoms with Gasteiger partial charge in [0.05, 0.1) is 6.54 Å². The van der Waals surface area contributed by atoms with Crippen LogP contribution in [0.4, 0.5) is 5.82 Å². The zero-order chi connectivity index (χ0) is 14.4. The number of nitrogens with zero attached hydrogens (tertiary/aromatic N) is 1. The van der Waals surface area contributed by atoms with Gasteiger partial charge >= 0.3 is 5.97 Å². The molecule has 20 heavy (non-hydrogen) atoms. The zero-order valence-electron chi connectivity index (χ0n) is 11.7. The fourth-order valence-electron chi connectivity index (χ4n) is 2.34. The van der Waals surface area contributed by atoms with Crippen molar-refractivity contribution in [2.45, 2.75) is 32.6 Å². The summed E-state index contributed by atoms with van der Waals surface area (Å²) >= 11 is 0. The first-order chi connectivity index (χ1) is 9.63. The molecule has 1 aromatic rings. The van der Waals surface area contributed by atoms with E-state index in [4.69, 9.17) is 4.74 Å². The normalized spacial score (nSPS) is 22.4. The van der Waals surface area contributed by atoms with Gasteiger partial charge in [-0.05, 0) is 31.9 Å². The number of hydrogen-bond acceptors (Lipinski definition) is 5. The quantitative estimate of drug-likeness (QED) is 0.507. The van der Waals surface area contributed by atoms with E-state index in [1.165, 1.54) is 0 Å². The summed E-state index contributed by atoms with van der Waals surface area (Å²) in [4.78, 5) is 28.0. The number of ketones is 1. The SMILES string of the molecule is CC1(C(=O)OCCNc2ccccn2)CCCCC1=O. The lowest BCUT2D eigenvalue weighted by molar-refractivity contribution is -0.161. The van der Waals surface area contributed by atoms with Gasteiger partial charge in [0.25, 0.3) is 0 Å². The van der Waals surface area contributed by atoms with E-state index in [9.17, 15) is 9.59 Å². The molecule has 108 valence electrons. The highest BCUT2D eigenvalue weighted by atomic mass is 16.5. The molecule has 1 aliphatic rings. The van der Waals surface area contributed by atoms with E-state index >= 15 is 0 Å². The van der Waals surface area contributed by atoms with Crippen LogP contribution in [0.15, 0.2) is 24.4 Å². The lowest BCUT2D eigenvalue weighted by Gasteiger charge is -2.29. The van der Waals surface area contributed by atoms with Crippen molar-refractivity contribution in [3.05, 3.63) is 24.4 Å². The summed E-state index contributed by atoms with van der Waals surface area (Å²) in [6.45, 7) is 2.41. The Morgan fingerprint density at radius 2 is 2.30 bits per heavy atom. The molecule has 5 heteroatoms. The number of Topliss-reactive ketones (excluding diaryl/α,β-unsaturated/α-hetero) is 1. The number of carbonyl (C=O) groups is 2. The minimum atomic E-state index is -0.941. The number of anilines is 1. The van der Waals surface area contributed by atoms with E-state index in [-0.39, 0.29) is 12.4 Å². The van der Waals surface area contributed by atoms with Crippen LogP contribution in [-0.4, -0.2) is 29.9 Å². The first kappa shape index (κ1) is 14.5. The maximum absolute atomic E-state index is 12.1. The van der Waals surface area contributed by atoms with E-state index in [0.717, 1.165) is 18.7 Å². The maximum Gasteiger partial charge on any atom is 0.319 e. The minimum absolute atomic E-state index is 0.00596. The van der Waals surface area contributed by atoms with Crippen molar-refractivity contribution in [3.63, 3.8) is 0 Å². The molecule has 1 aromatic heterocycles. The summed E-state index contributed by atoms with van der Waals surface area (Å²) in [5, 5.41) is 3.05. The molecule has 0 aliphatic heterocycles. The second-order valence-corrected chi connectivity index (χ2v) is 5.24. The van der Waals surface area contributed by atoms with Crippen LogP contribution in [0.5, 0.6) is 0 Å². The summed E-state index contributed by atoms with van der Waals surface area (Å²) in [6, 6.07) is 5.55. The monoisotopic (exact) mass is 276 g/mol. The molecular formula is C15H20N2O3. The fourth-order valence-corrected chi connectivity index (χ4v) is 2.34. The van der Waals surface area contributed by atoms with Gasteiger partial charge in [-0.15, -0.1) is 0 Å². The van der Waals surface area contributed by atoms with Crippen LogP contribution in [0.3, 0.4) is 0 Å². The van der Waals surface area contributed by atoms with E-state index in [0.29, 0.717) is 19.4 Å². The molecule has 0 radical (unpaired) electrons. The minimum Gasteiger partial charge on any atom is -0.463 e. The molecule has 0 spiro atoms. The van der Waals surface area contributed by atoms with Crippen molar-refractivity contribution in [3.8, 4) is 0 Å². The fraction of sp³-hybridized carbons (Fsp3) is 0.533. The van der Waals surface area contributed by atoms with Gasteiger partial charge in [0.15, 0.2) is 0 Å². The number of hydrogen-bond donors (Lipinski definition) is 1. The third kappa shape index (κ3) is 3.35. The lowest BCUT2D eigenvalue weighted by Crippen LogP contribution is -2.40. The molecule has 1 unspecified atom stereocenters. The molecule has 1 fully saturated rings. The van der Waals surface area contributed by atoms with Gasteiger partial charge in [-0.2, -0.15) is 0 Å². The van der Waals surface area contributed by atoms with Crippen molar-refractivity contribution < 1.29 is 14.3 Å². The zero-order valence-corrected chi connectivity index (χ0v) is 11.7. The smallest absolute Gasteiger partial charge is 0.319 e. The van der Waals surface area contributed by atoms with Gasteiger partial charge in [-0.3, -0.25) is 9.59 Å². The van der Waals surface area contributed by atoms with Crippen LogP contribution in [-0.2, 0) is 14.3 Å². The van der Waals surface area contributed by atoms with Crippen molar-refractivity contribution in [2.75, 3.05) is 18.5 Å². The molecule has 0 amide bonds. The molecule has 0 saturated heterocycles. The van der Waals surface area contributed by atoms with E-state index < -0.39 is 11.4 Å². The molecule has 1 heterocycles. The Balaban J connectivity index is 1.76. The number of aromatic nitrogens is 1. The van der Waals surface area contributed by atoms with Gasteiger partial charge in [-0.25, -0.2) is 4.98 Å². The molecule has 5 nitrogen and oxygen atoms in total. The van der Waals surface area contributed by atoms with Crippen LogP contribution in [0.1, 0.15) is 32.6 Å². The van der Waals surface area contributed by atoms with Crippen LogP contribution >= 0.6 is 0 Å². The van der Waals surface area contributed by atoms with Gasteiger partial charge in [-0.1, -0.05) is 12.5 Å². The Bertz CT molecular complexity index is 475. The molecule has 1 saturated carbocycles. The molecule has 1 atom stereocenters. The van der Waals surface area contributed by atoms with Crippen molar-refractivity contribution >= 4 is 17.6 Å². The summed E-state index contributed by atoms with van der Waals surface area (Å²) in [5.74, 6) is 0.347. The summed E-state index contributed by atoms with van der Waals surface area (Å²) in [5.41, 5.74) is -0.941. The molecule has 0 aromatic carbocycles. The standard InChI is InChI=1S/C15H20N2O3/c1-15(8-4-2-6-12(15)18)14(19)20-11-10-17-13-7-3-5-9-16-13/h3,5,7,9H,2,4,6,8,10-11H2,1H3,(H,16,17). The van der Waals surface area contributed by atoms with E-state index in [2.05, 4.69) is 10.3 Å². The Hall–Kier alpha value is -1.91. The number of nitrogens with one attached hydrogen (secondary N) is 1. The average Bonchev–Trinajstić information content (AvgIpc) is 2.47. The van der Waals surface area contributed by atoms with Crippen molar-refractivity contribution in [1.29, 1.82) is 0 Å². The van der Waals surface area contributed by atoms with Crippen molar-refractivity contribution in [2.24, 2.45) is 5.41 Å². The molecule has 1 N–H and O–H groups in total. The van der Waals surface area contributed by atoms with Crippen LogP contribution < -0.4 is 5.32 Å². The predicted octanol–water partition coefficient (Wildman–Crippen LogP) is 2.19. The van der Waals surface area contributed by atoms with Crippen LogP contribution in [0, 0.1) is 5.41 Å². The first-order valence-electron chi connectivity index (χ1n) is 6.98. The second-order valence-electron chi connectivity index (χ2n) is 5.24. The third-order valence-electron chi connectivity index (χ3n) is 3.70.